The van der Waals surface area contributed by atoms with Crippen LogP contribution >= 0.6 is 15.9 Å². The van der Waals surface area contributed by atoms with Crippen molar-refractivity contribution in [3.63, 3.8) is 0 Å². The Morgan fingerprint density at radius 3 is 2.82 bits per heavy atom. The summed E-state index contributed by atoms with van der Waals surface area (Å²) in [6, 6.07) is 3.58. The van der Waals surface area contributed by atoms with Gasteiger partial charge in [0.05, 0.1) is 11.6 Å². The van der Waals surface area contributed by atoms with E-state index >= 15 is 0 Å². The number of hydrogen-bond donors (Lipinski definition) is 1. The van der Waals surface area contributed by atoms with Crippen LogP contribution in [-0.4, -0.2) is 23.3 Å². The van der Waals surface area contributed by atoms with E-state index in [4.69, 9.17) is 5.73 Å². The minimum absolute atomic E-state index is 0.108. The van der Waals surface area contributed by atoms with Gasteiger partial charge in [0, 0.05) is 17.4 Å². The van der Waals surface area contributed by atoms with Crippen molar-refractivity contribution in [1.82, 2.24) is 4.98 Å². The molecule has 0 saturated carbocycles. The van der Waals surface area contributed by atoms with Gasteiger partial charge in [0.15, 0.2) is 0 Å². The highest BCUT2D eigenvalue weighted by Gasteiger charge is 2.34. The fourth-order valence-electron chi connectivity index (χ4n) is 1.80. The number of carbonyl (C=O) groups is 2. The monoisotopic (exact) mass is 297 g/mol. The first-order valence-corrected chi connectivity index (χ1v) is 6.01. The Morgan fingerprint density at radius 1 is 1.59 bits per heavy atom. The maximum absolute atomic E-state index is 11.8. The summed E-state index contributed by atoms with van der Waals surface area (Å²) in [5.41, 5.74) is 6.01. The first-order chi connectivity index (χ1) is 7.99. The van der Waals surface area contributed by atoms with Crippen LogP contribution in [0.15, 0.2) is 16.6 Å². The number of amides is 2. The molecule has 0 aliphatic carbocycles. The second-order valence-corrected chi connectivity index (χ2v) is 4.90. The lowest BCUT2D eigenvalue weighted by molar-refractivity contribution is -0.123. The first kappa shape index (κ1) is 12.0. The number of anilines is 1. The smallest absolute Gasteiger partial charge is 0.229 e. The molecule has 1 aromatic heterocycles. The minimum Gasteiger partial charge on any atom is -0.369 e. The number of nitrogens with two attached hydrogens (primary N) is 1. The Hall–Kier alpha value is -1.43. The van der Waals surface area contributed by atoms with E-state index in [1.165, 1.54) is 4.90 Å². The third-order valence-corrected chi connectivity index (χ3v) is 3.65. The quantitative estimate of drug-likeness (QED) is 0.884. The lowest BCUT2D eigenvalue weighted by Gasteiger charge is -2.15. The maximum atomic E-state index is 11.8. The molecule has 17 heavy (non-hydrogen) atoms. The Balaban J connectivity index is 2.26. The van der Waals surface area contributed by atoms with Crippen molar-refractivity contribution in [1.29, 1.82) is 0 Å². The highest BCUT2D eigenvalue weighted by atomic mass is 79.9. The summed E-state index contributed by atoms with van der Waals surface area (Å²) in [6.07, 6.45) is 0.173. The number of aryl methyl sites for hydroxylation is 1. The van der Waals surface area contributed by atoms with Crippen molar-refractivity contribution in [3.8, 4) is 0 Å². The summed E-state index contributed by atoms with van der Waals surface area (Å²) in [5.74, 6) is -0.384. The number of aromatic nitrogens is 1. The van der Waals surface area contributed by atoms with E-state index < -0.39 is 11.8 Å². The van der Waals surface area contributed by atoms with Crippen LogP contribution in [-0.2, 0) is 9.59 Å². The molecule has 90 valence electrons. The van der Waals surface area contributed by atoms with Crippen LogP contribution in [0.25, 0.3) is 0 Å². The van der Waals surface area contributed by atoms with Crippen LogP contribution in [0.1, 0.15) is 12.1 Å². The van der Waals surface area contributed by atoms with Gasteiger partial charge in [-0.05, 0) is 35.0 Å². The third-order valence-electron chi connectivity index (χ3n) is 2.81. The van der Waals surface area contributed by atoms with Gasteiger partial charge < -0.3 is 5.73 Å². The molecular weight excluding hydrogens is 286 g/mol. The van der Waals surface area contributed by atoms with Gasteiger partial charge in [-0.1, -0.05) is 0 Å². The van der Waals surface area contributed by atoms with E-state index in [1.54, 1.807) is 6.07 Å². The topological polar surface area (TPSA) is 76.3 Å². The molecule has 2 heterocycles. The van der Waals surface area contributed by atoms with Crippen molar-refractivity contribution >= 4 is 33.6 Å². The molecule has 6 heteroatoms. The van der Waals surface area contributed by atoms with Crippen LogP contribution in [0.2, 0.25) is 0 Å². The predicted molar refractivity (Wildman–Crippen MR) is 66.3 cm³/mol. The van der Waals surface area contributed by atoms with Crippen LogP contribution in [0.3, 0.4) is 0 Å². The molecular formula is C11H12BrN3O2. The summed E-state index contributed by atoms with van der Waals surface area (Å²) in [5, 5.41) is 0. The van der Waals surface area contributed by atoms with Gasteiger partial charge >= 0.3 is 0 Å². The molecule has 2 N–H and O–H groups in total. The second kappa shape index (κ2) is 4.44. The molecule has 5 nitrogen and oxygen atoms in total. The average molecular weight is 298 g/mol. The number of carbonyl (C=O) groups excluding carboxylic acids is 2. The summed E-state index contributed by atoms with van der Waals surface area (Å²) in [6.45, 7) is 2.17. The van der Waals surface area contributed by atoms with Gasteiger partial charge in [-0.15, -0.1) is 0 Å². The van der Waals surface area contributed by atoms with E-state index in [1.807, 2.05) is 13.0 Å². The molecule has 0 radical (unpaired) electrons. The second-order valence-electron chi connectivity index (χ2n) is 4.04. The number of nitrogens with zero attached hydrogens (tertiary/aromatic N) is 2. The van der Waals surface area contributed by atoms with Crippen LogP contribution < -0.4 is 10.6 Å². The van der Waals surface area contributed by atoms with Crippen molar-refractivity contribution < 1.29 is 9.59 Å². The van der Waals surface area contributed by atoms with Crippen molar-refractivity contribution in [3.05, 3.63) is 22.3 Å². The van der Waals surface area contributed by atoms with Gasteiger partial charge in [-0.3, -0.25) is 14.5 Å². The molecule has 1 saturated heterocycles. The summed E-state index contributed by atoms with van der Waals surface area (Å²) >= 11 is 3.35. The third kappa shape index (κ3) is 2.31. The maximum Gasteiger partial charge on any atom is 0.229 e. The van der Waals surface area contributed by atoms with Crippen molar-refractivity contribution in [2.24, 2.45) is 11.7 Å². The zero-order valence-corrected chi connectivity index (χ0v) is 10.9. The molecule has 1 aliphatic heterocycles. The molecule has 1 atom stereocenters. The standard InChI is InChI=1S/C11H12BrN3O2/c1-6-8(12)2-3-9(14-6)15-5-7(11(13)17)4-10(15)16/h2-3,7H,4-5H2,1H3,(H2,13,17). The molecule has 1 unspecified atom stereocenters. The molecule has 1 aromatic rings. The molecule has 1 fully saturated rings. The SMILES string of the molecule is Cc1nc(N2CC(C(N)=O)CC2=O)ccc1Br. The zero-order valence-electron chi connectivity index (χ0n) is 9.31. The highest BCUT2D eigenvalue weighted by molar-refractivity contribution is 9.10. The number of hydrogen-bond acceptors (Lipinski definition) is 3. The number of halogens is 1. The van der Waals surface area contributed by atoms with Gasteiger partial charge in [-0.2, -0.15) is 0 Å². The number of pyridine rings is 1. The fourth-order valence-corrected chi connectivity index (χ4v) is 2.02. The van der Waals surface area contributed by atoms with Crippen LogP contribution in [0.5, 0.6) is 0 Å². The molecule has 2 rings (SSSR count). The van der Waals surface area contributed by atoms with E-state index in [9.17, 15) is 9.59 Å². The Kier molecular flexibility index (Phi) is 3.15. The van der Waals surface area contributed by atoms with Gasteiger partial charge in [0.2, 0.25) is 11.8 Å². The van der Waals surface area contributed by atoms with E-state index in [0.29, 0.717) is 12.4 Å². The number of rotatable bonds is 2. The molecule has 0 spiro atoms. The fraction of sp³-hybridized carbons (Fsp3) is 0.364. The predicted octanol–water partition coefficient (Wildman–Crippen LogP) is 0.991. The van der Waals surface area contributed by atoms with E-state index in [0.717, 1.165) is 10.2 Å². The summed E-state index contributed by atoms with van der Waals surface area (Å²) in [4.78, 5) is 28.6. The van der Waals surface area contributed by atoms with E-state index in [-0.39, 0.29) is 12.3 Å². The molecule has 2 amide bonds. The Labute approximate surface area is 107 Å². The molecule has 1 aliphatic rings. The lowest BCUT2D eigenvalue weighted by Crippen LogP contribution is -2.29. The van der Waals surface area contributed by atoms with E-state index in [2.05, 4.69) is 20.9 Å². The highest BCUT2D eigenvalue weighted by Crippen LogP contribution is 2.25. The summed E-state index contributed by atoms with van der Waals surface area (Å²) in [7, 11) is 0. The lowest BCUT2D eigenvalue weighted by atomic mass is 10.1. The van der Waals surface area contributed by atoms with Crippen molar-refractivity contribution in [2.45, 2.75) is 13.3 Å². The normalized spacial score (nSPS) is 19.8. The molecule has 0 bridgehead atoms. The number of primary amides is 1. The first-order valence-electron chi connectivity index (χ1n) is 5.22. The summed E-state index contributed by atoms with van der Waals surface area (Å²) < 4.78 is 0.888. The largest absolute Gasteiger partial charge is 0.369 e. The van der Waals surface area contributed by atoms with Crippen LogP contribution in [0, 0.1) is 12.8 Å². The van der Waals surface area contributed by atoms with Crippen molar-refractivity contribution in [2.75, 3.05) is 11.4 Å². The zero-order chi connectivity index (χ0) is 12.6. The Bertz CT molecular complexity index is 490. The molecule has 0 aromatic carbocycles. The van der Waals surface area contributed by atoms with Gasteiger partial charge in [0.25, 0.3) is 0 Å². The average Bonchev–Trinajstić information content (AvgIpc) is 2.65. The van der Waals surface area contributed by atoms with Crippen LogP contribution in [0.4, 0.5) is 5.82 Å². The Morgan fingerprint density at radius 2 is 2.29 bits per heavy atom. The van der Waals surface area contributed by atoms with Gasteiger partial charge in [-0.25, -0.2) is 4.98 Å². The van der Waals surface area contributed by atoms with Gasteiger partial charge in [0.1, 0.15) is 5.82 Å². The minimum atomic E-state index is -0.435.